The molecule has 1 aromatic heterocycles. The molecule has 0 spiro atoms. The third-order valence-corrected chi connectivity index (χ3v) is 5.98. The van der Waals surface area contributed by atoms with Gasteiger partial charge in [-0.05, 0) is 23.4 Å². The van der Waals surface area contributed by atoms with Crippen molar-refractivity contribution in [1.29, 1.82) is 0 Å². The third-order valence-electron chi connectivity index (χ3n) is 3.64. The fourth-order valence-electron chi connectivity index (χ4n) is 2.61. The summed E-state index contributed by atoms with van der Waals surface area (Å²) in [6.07, 6.45) is 1.05. The maximum absolute atomic E-state index is 11.1. The minimum absolute atomic E-state index is 0.189. The molecule has 2 aromatic rings. The van der Waals surface area contributed by atoms with Crippen LogP contribution in [-0.4, -0.2) is 10.2 Å². The van der Waals surface area contributed by atoms with Gasteiger partial charge in [0, 0.05) is 29.5 Å². The number of nitro benzene ring substituents is 1. The highest BCUT2D eigenvalue weighted by atomic mass is 32.2. The largest absolute Gasteiger partial charge is 0.305 e. The summed E-state index contributed by atoms with van der Waals surface area (Å²) in [6, 6.07) is 9.38. The Morgan fingerprint density at radius 2 is 2.19 bits per heavy atom. The summed E-state index contributed by atoms with van der Waals surface area (Å²) < 4.78 is 1.37. The second-order valence-electron chi connectivity index (χ2n) is 5.15. The van der Waals surface area contributed by atoms with Gasteiger partial charge in [-0.3, -0.25) is 10.1 Å². The van der Waals surface area contributed by atoms with Gasteiger partial charge in [-0.1, -0.05) is 25.1 Å². The van der Waals surface area contributed by atoms with Gasteiger partial charge in [-0.15, -0.1) is 23.1 Å². The first-order valence-corrected chi connectivity index (χ1v) is 8.61. The first-order chi connectivity index (χ1) is 10.1. The standard InChI is InChI=1S/C15H16N2O2S2/c1-10-8-13(12-6-7-20-15(12)21-10)16-9-11-4-2-3-5-14(11)17(18)19/h2-7,10,13,16H,8-9H2,1H3/t10-,13?/m0/s1. The number of rotatable bonds is 4. The maximum Gasteiger partial charge on any atom is 0.273 e. The summed E-state index contributed by atoms with van der Waals surface area (Å²) in [6.45, 7) is 2.75. The Hall–Kier alpha value is -1.37. The Morgan fingerprint density at radius 3 is 3.00 bits per heavy atom. The number of nitrogens with zero attached hydrogens (tertiary/aromatic N) is 1. The Balaban J connectivity index is 1.76. The van der Waals surface area contributed by atoms with Crippen molar-refractivity contribution in [2.24, 2.45) is 0 Å². The van der Waals surface area contributed by atoms with Gasteiger partial charge in [0.05, 0.1) is 9.13 Å². The van der Waals surface area contributed by atoms with Crippen LogP contribution in [0, 0.1) is 10.1 Å². The molecule has 1 N–H and O–H groups in total. The van der Waals surface area contributed by atoms with E-state index in [1.165, 1.54) is 9.77 Å². The molecule has 6 heteroatoms. The van der Waals surface area contributed by atoms with Crippen LogP contribution in [0.3, 0.4) is 0 Å². The van der Waals surface area contributed by atoms with Crippen molar-refractivity contribution in [2.75, 3.05) is 0 Å². The Bertz CT molecular complexity index is 657. The first kappa shape index (κ1) is 14.6. The third kappa shape index (κ3) is 3.12. The van der Waals surface area contributed by atoms with E-state index in [1.807, 2.05) is 23.9 Å². The normalized spacial score (nSPS) is 21.0. The van der Waals surface area contributed by atoms with E-state index in [0.29, 0.717) is 11.8 Å². The van der Waals surface area contributed by atoms with E-state index in [1.54, 1.807) is 23.5 Å². The number of para-hydroxylation sites is 1. The lowest BCUT2D eigenvalue weighted by molar-refractivity contribution is -0.385. The van der Waals surface area contributed by atoms with E-state index < -0.39 is 0 Å². The minimum Gasteiger partial charge on any atom is -0.305 e. The molecule has 0 fully saturated rings. The summed E-state index contributed by atoms with van der Waals surface area (Å²) in [5, 5.41) is 17.2. The number of hydrogen-bond acceptors (Lipinski definition) is 5. The van der Waals surface area contributed by atoms with Crippen LogP contribution in [0.4, 0.5) is 5.69 Å². The van der Waals surface area contributed by atoms with Crippen molar-refractivity contribution in [1.82, 2.24) is 5.32 Å². The number of benzene rings is 1. The van der Waals surface area contributed by atoms with Gasteiger partial charge < -0.3 is 5.32 Å². The van der Waals surface area contributed by atoms with Crippen LogP contribution in [-0.2, 0) is 6.54 Å². The van der Waals surface area contributed by atoms with Gasteiger partial charge in [0.25, 0.3) is 5.69 Å². The summed E-state index contributed by atoms with van der Waals surface area (Å²) in [5.41, 5.74) is 2.26. The molecule has 0 radical (unpaired) electrons. The second kappa shape index (κ2) is 6.17. The molecule has 1 aliphatic heterocycles. The molecular formula is C15H16N2O2S2. The van der Waals surface area contributed by atoms with Crippen molar-refractivity contribution in [3.8, 4) is 0 Å². The maximum atomic E-state index is 11.1. The summed E-state index contributed by atoms with van der Waals surface area (Å²) in [4.78, 5) is 10.7. The number of thiophene rings is 1. The Kier molecular flexibility index (Phi) is 4.28. The fourth-order valence-corrected chi connectivity index (χ4v) is 5.18. The van der Waals surface area contributed by atoms with Crippen molar-refractivity contribution in [3.63, 3.8) is 0 Å². The molecule has 0 aliphatic carbocycles. The van der Waals surface area contributed by atoms with Crippen molar-refractivity contribution in [3.05, 3.63) is 57.0 Å². The van der Waals surface area contributed by atoms with Crippen LogP contribution in [0.1, 0.15) is 30.5 Å². The van der Waals surface area contributed by atoms with Crippen LogP contribution in [0.2, 0.25) is 0 Å². The molecule has 0 amide bonds. The Morgan fingerprint density at radius 1 is 1.38 bits per heavy atom. The molecule has 0 saturated heterocycles. The SMILES string of the molecule is C[C@H]1CC(NCc2ccccc2[N+](=O)[O-])c2ccsc2S1. The molecule has 2 heterocycles. The number of nitrogens with one attached hydrogen (secondary N) is 1. The van der Waals surface area contributed by atoms with E-state index in [9.17, 15) is 10.1 Å². The van der Waals surface area contributed by atoms with Crippen molar-refractivity contribution < 1.29 is 4.92 Å². The minimum atomic E-state index is -0.313. The summed E-state index contributed by atoms with van der Waals surface area (Å²) >= 11 is 3.70. The Labute approximate surface area is 131 Å². The van der Waals surface area contributed by atoms with Gasteiger partial charge in [-0.25, -0.2) is 0 Å². The lowest BCUT2D eigenvalue weighted by atomic mass is 10.0. The quantitative estimate of drug-likeness (QED) is 0.671. The molecule has 110 valence electrons. The van der Waals surface area contributed by atoms with Crippen molar-refractivity contribution >= 4 is 28.8 Å². The topological polar surface area (TPSA) is 55.2 Å². The molecule has 4 nitrogen and oxygen atoms in total. The van der Waals surface area contributed by atoms with Crippen LogP contribution in [0.15, 0.2) is 39.9 Å². The van der Waals surface area contributed by atoms with Gasteiger partial charge in [0.1, 0.15) is 0 Å². The predicted octanol–water partition coefficient (Wildman–Crippen LogP) is 4.37. The lowest BCUT2D eigenvalue weighted by Crippen LogP contribution is -2.26. The van der Waals surface area contributed by atoms with Crippen LogP contribution in [0.25, 0.3) is 0 Å². The smallest absolute Gasteiger partial charge is 0.273 e. The first-order valence-electron chi connectivity index (χ1n) is 6.85. The molecule has 21 heavy (non-hydrogen) atoms. The van der Waals surface area contributed by atoms with Gasteiger partial charge in [0.15, 0.2) is 0 Å². The number of thioether (sulfide) groups is 1. The number of fused-ring (bicyclic) bond motifs is 1. The highest BCUT2D eigenvalue weighted by Gasteiger charge is 2.26. The average molecular weight is 320 g/mol. The van der Waals surface area contributed by atoms with Crippen LogP contribution in [0.5, 0.6) is 0 Å². The lowest BCUT2D eigenvalue weighted by Gasteiger charge is -2.27. The highest BCUT2D eigenvalue weighted by Crippen LogP contribution is 2.43. The fraction of sp³-hybridized carbons (Fsp3) is 0.333. The monoisotopic (exact) mass is 320 g/mol. The van der Waals surface area contributed by atoms with Crippen LogP contribution < -0.4 is 5.32 Å². The highest BCUT2D eigenvalue weighted by molar-refractivity contribution is 8.01. The molecular weight excluding hydrogens is 304 g/mol. The summed E-state index contributed by atoms with van der Waals surface area (Å²) in [5.74, 6) is 0. The molecule has 3 rings (SSSR count). The van der Waals surface area contributed by atoms with E-state index in [4.69, 9.17) is 0 Å². The van der Waals surface area contributed by atoms with Gasteiger partial charge >= 0.3 is 0 Å². The zero-order valence-electron chi connectivity index (χ0n) is 11.6. The predicted molar refractivity (Wildman–Crippen MR) is 86.9 cm³/mol. The van der Waals surface area contributed by atoms with E-state index in [0.717, 1.165) is 12.0 Å². The van der Waals surface area contributed by atoms with Crippen molar-refractivity contribution in [2.45, 2.75) is 35.4 Å². The molecule has 1 aromatic carbocycles. The molecule has 1 aliphatic rings. The number of hydrogen-bond donors (Lipinski definition) is 1. The van der Waals surface area contributed by atoms with E-state index in [-0.39, 0.29) is 16.7 Å². The van der Waals surface area contributed by atoms with Gasteiger partial charge in [-0.2, -0.15) is 0 Å². The zero-order chi connectivity index (χ0) is 14.8. The second-order valence-corrected chi connectivity index (χ2v) is 7.77. The molecule has 0 saturated carbocycles. The van der Waals surface area contributed by atoms with E-state index >= 15 is 0 Å². The van der Waals surface area contributed by atoms with Crippen LogP contribution >= 0.6 is 23.1 Å². The number of nitro groups is 1. The zero-order valence-corrected chi connectivity index (χ0v) is 13.2. The summed E-state index contributed by atoms with van der Waals surface area (Å²) in [7, 11) is 0. The molecule has 0 bridgehead atoms. The van der Waals surface area contributed by atoms with Gasteiger partial charge in [0.2, 0.25) is 0 Å². The molecule has 1 unspecified atom stereocenters. The molecule has 2 atom stereocenters. The van der Waals surface area contributed by atoms with E-state index in [2.05, 4.69) is 23.7 Å². The average Bonchev–Trinajstić information content (AvgIpc) is 2.93.